The maximum Gasteiger partial charge on any atom is 0.191 e. The van der Waals surface area contributed by atoms with Crippen molar-refractivity contribution in [3.8, 4) is 0 Å². The number of rotatable bonds is 5. The Hall–Kier alpha value is -0.233. The van der Waals surface area contributed by atoms with Crippen LogP contribution >= 0.6 is 0 Å². The maximum atomic E-state index is 12.0. The molecule has 1 unspecified atom stereocenters. The summed E-state index contributed by atoms with van der Waals surface area (Å²) in [7, 11) is -1.79. The number of carbonyl (C=O) groups is 1. The quantitative estimate of drug-likeness (QED) is 0.669. The summed E-state index contributed by atoms with van der Waals surface area (Å²) in [5, 5.41) is 0.208. The molecule has 25 heavy (non-hydrogen) atoms. The number of hydrogen-bond donors (Lipinski definition) is 0. The summed E-state index contributed by atoms with van der Waals surface area (Å²) in [5.41, 5.74) is 0. The third-order valence-electron chi connectivity index (χ3n) is 7.03. The largest absolute Gasteiger partial charge is 0.416 e. The van der Waals surface area contributed by atoms with Crippen LogP contribution in [0, 0.1) is 17.8 Å². The first-order valence-corrected chi connectivity index (χ1v) is 13.0. The predicted octanol–water partition coefficient (Wildman–Crippen LogP) is 4.54. The van der Waals surface area contributed by atoms with E-state index in [0.717, 1.165) is 45.3 Å². The van der Waals surface area contributed by atoms with Gasteiger partial charge in [-0.3, -0.25) is 4.79 Å². The Labute approximate surface area is 154 Å². The first-order chi connectivity index (χ1) is 11.7. The standard InChI is InChI=1S/C20H36O4Si/c1-20(2,3)25(4,5)23-13-17-16-12-15(21)10-14(16)11-18(17)24-19-8-6-7-9-22-19/h14,16-19H,6-13H2,1-5H3/t14-,16-,17+,18+,19?/m0/s1. The monoisotopic (exact) mass is 368 g/mol. The number of carbonyl (C=O) groups excluding carboxylic acids is 1. The molecular weight excluding hydrogens is 332 g/mol. The summed E-state index contributed by atoms with van der Waals surface area (Å²) in [6.07, 6.45) is 5.94. The van der Waals surface area contributed by atoms with Crippen molar-refractivity contribution in [2.75, 3.05) is 13.2 Å². The highest BCUT2D eigenvalue weighted by Crippen LogP contribution is 2.49. The average Bonchev–Trinajstić information content (AvgIpc) is 3.01. The van der Waals surface area contributed by atoms with Crippen LogP contribution in [-0.2, 0) is 18.7 Å². The van der Waals surface area contributed by atoms with Gasteiger partial charge in [-0.2, -0.15) is 0 Å². The normalized spacial score (nSPS) is 36.7. The highest BCUT2D eigenvalue weighted by atomic mass is 28.4. The zero-order valence-corrected chi connectivity index (χ0v) is 17.7. The van der Waals surface area contributed by atoms with E-state index in [1.54, 1.807) is 0 Å². The second kappa shape index (κ2) is 7.41. The van der Waals surface area contributed by atoms with Gasteiger partial charge in [0, 0.05) is 32.0 Å². The summed E-state index contributed by atoms with van der Waals surface area (Å²) in [6, 6.07) is 0. The van der Waals surface area contributed by atoms with E-state index in [1.165, 1.54) is 6.42 Å². The molecule has 2 aliphatic carbocycles. The molecule has 5 heteroatoms. The van der Waals surface area contributed by atoms with Crippen molar-refractivity contribution in [1.82, 2.24) is 0 Å². The summed E-state index contributed by atoms with van der Waals surface area (Å²) in [6.45, 7) is 13.0. The molecule has 2 saturated carbocycles. The summed E-state index contributed by atoms with van der Waals surface area (Å²) in [5.74, 6) is 1.72. The molecule has 0 spiro atoms. The van der Waals surface area contributed by atoms with E-state index in [1.807, 2.05) is 0 Å². The van der Waals surface area contributed by atoms with Gasteiger partial charge >= 0.3 is 0 Å². The van der Waals surface area contributed by atoms with Crippen molar-refractivity contribution in [2.45, 2.75) is 89.8 Å². The van der Waals surface area contributed by atoms with Crippen LogP contribution in [0.5, 0.6) is 0 Å². The molecule has 4 nitrogen and oxygen atoms in total. The molecule has 0 aromatic rings. The third-order valence-corrected chi connectivity index (χ3v) is 11.5. The topological polar surface area (TPSA) is 44.8 Å². The van der Waals surface area contributed by atoms with Crippen LogP contribution in [0.1, 0.15) is 59.3 Å². The second-order valence-electron chi connectivity index (χ2n) is 9.81. The van der Waals surface area contributed by atoms with Crippen LogP contribution in [-0.4, -0.2) is 39.7 Å². The molecule has 3 rings (SSSR count). The van der Waals surface area contributed by atoms with E-state index in [2.05, 4.69) is 33.9 Å². The van der Waals surface area contributed by atoms with Gasteiger partial charge in [-0.25, -0.2) is 0 Å². The van der Waals surface area contributed by atoms with Crippen molar-refractivity contribution >= 4 is 14.1 Å². The number of Topliss-reactive ketones (excluding diaryl/α,β-unsaturated/α-hetero) is 1. The van der Waals surface area contributed by atoms with Crippen LogP contribution in [0.15, 0.2) is 0 Å². The van der Waals surface area contributed by atoms with Gasteiger partial charge in [0.05, 0.1) is 6.10 Å². The summed E-state index contributed by atoms with van der Waals surface area (Å²) < 4.78 is 18.7. The molecular formula is C20H36O4Si. The van der Waals surface area contributed by atoms with E-state index < -0.39 is 8.32 Å². The molecule has 0 amide bonds. The third kappa shape index (κ3) is 4.37. The van der Waals surface area contributed by atoms with Gasteiger partial charge in [0.2, 0.25) is 0 Å². The van der Waals surface area contributed by atoms with E-state index in [-0.39, 0.29) is 17.4 Å². The molecule has 0 aromatic carbocycles. The predicted molar refractivity (Wildman–Crippen MR) is 101 cm³/mol. The molecule has 1 heterocycles. The number of ether oxygens (including phenoxy) is 2. The van der Waals surface area contributed by atoms with Gasteiger partial charge in [-0.1, -0.05) is 20.8 Å². The fourth-order valence-electron chi connectivity index (χ4n) is 4.39. The van der Waals surface area contributed by atoms with Gasteiger partial charge in [0.25, 0.3) is 0 Å². The van der Waals surface area contributed by atoms with Gasteiger partial charge in [-0.05, 0) is 55.7 Å². The van der Waals surface area contributed by atoms with Crippen molar-refractivity contribution in [2.24, 2.45) is 17.8 Å². The molecule has 144 valence electrons. The first kappa shape index (κ1) is 19.5. The van der Waals surface area contributed by atoms with Crippen molar-refractivity contribution in [3.05, 3.63) is 0 Å². The second-order valence-corrected chi connectivity index (χ2v) is 14.6. The Morgan fingerprint density at radius 3 is 2.60 bits per heavy atom. The Morgan fingerprint density at radius 1 is 1.20 bits per heavy atom. The lowest BCUT2D eigenvalue weighted by atomic mass is 9.92. The minimum atomic E-state index is -1.79. The SMILES string of the molecule is CC(C)(C)[Si](C)(C)OC[C@@H]1[C@H]2CC(=O)C[C@H]2C[C@H]1OC1CCCCO1. The fraction of sp³-hybridized carbons (Fsp3) is 0.950. The molecule has 3 aliphatic rings. The number of fused-ring (bicyclic) bond motifs is 1. The van der Waals surface area contributed by atoms with E-state index >= 15 is 0 Å². The number of ketones is 1. The van der Waals surface area contributed by atoms with E-state index in [4.69, 9.17) is 13.9 Å². The van der Waals surface area contributed by atoms with Crippen molar-refractivity contribution in [3.63, 3.8) is 0 Å². The summed E-state index contributed by atoms with van der Waals surface area (Å²) >= 11 is 0. The molecule has 0 N–H and O–H groups in total. The Bertz CT molecular complexity index is 479. The Morgan fingerprint density at radius 2 is 1.96 bits per heavy atom. The van der Waals surface area contributed by atoms with E-state index in [0.29, 0.717) is 23.5 Å². The van der Waals surface area contributed by atoms with Crippen LogP contribution in [0.3, 0.4) is 0 Å². The minimum Gasteiger partial charge on any atom is -0.416 e. The maximum absolute atomic E-state index is 12.0. The minimum absolute atomic E-state index is 0.0522. The van der Waals surface area contributed by atoms with Gasteiger partial charge in [0.1, 0.15) is 5.78 Å². The van der Waals surface area contributed by atoms with Crippen LogP contribution in [0.4, 0.5) is 0 Å². The lowest BCUT2D eigenvalue weighted by molar-refractivity contribution is -0.198. The smallest absolute Gasteiger partial charge is 0.191 e. The Balaban J connectivity index is 1.66. The molecule has 5 atom stereocenters. The highest BCUT2D eigenvalue weighted by molar-refractivity contribution is 6.74. The van der Waals surface area contributed by atoms with Crippen LogP contribution in [0.2, 0.25) is 18.1 Å². The van der Waals surface area contributed by atoms with Crippen molar-refractivity contribution in [1.29, 1.82) is 0 Å². The molecule has 0 radical (unpaired) electrons. The molecule has 0 aromatic heterocycles. The van der Waals surface area contributed by atoms with Crippen LogP contribution < -0.4 is 0 Å². The molecule has 0 bridgehead atoms. The highest BCUT2D eigenvalue weighted by Gasteiger charge is 2.50. The zero-order valence-electron chi connectivity index (χ0n) is 16.7. The first-order valence-electron chi connectivity index (χ1n) is 10.1. The van der Waals surface area contributed by atoms with Crippen molar-refractivity contribution < 1.29 is 18.7 Å². The number of hydrogen-bond acceptors (Lipinski definition) is 4. The Kier molecular flexibility index (Phi) is 5.79. The van der Waals surface area contributed by atoms with Crippen LogP contribution in [0.25, 0.3) is 0 Å². The molecule has 3 fully saturated rings. The van der Waals surface area contributed by atoms with E-state index in [9.17, 15) is 4.79 Å². The van der Waals surface area contributed by atoms with Gasteiger partial charge < -0.3 is 13.9 Å². The molecule has 1 aliphatic heterocycles. The van der Waals surface area contributed by atoms with Gasteiger partial charge in [-0.15, -0.1) is 0 Å². The fourth-order valence-corrected chi connectivity index (χ4v) is 5.43. The zero-order chi connectivity index (χ0) is 18.2. The average molecular weight is 369 g/mol. The lowest BCUT2D eigenvalue weighted by Gasteiger charge is -2.38. The summed E-state index contributed by atoms with van der Waals surface area (Å²) in [4.78, 5) is 12.0. The lowest BCUT2D eigenvalue weighted by Crippen LogP contribution is -2.44. The van der Waals surface area contributed by atoms with Gasteiger partial charge in [0.15, 0.2) is 14.6 Å². The molecule has 1 saturated heterocycles.